The number of ether oxygens (including phenoxy) is 1. The van der Waals surface area contributed by atoms with Crippen LogP contribution in [0.5, 0.6) is 5.75 Å². The van der Waals surface area contributed by atoms with Crippen molar-refractivity contribution in [3.05, 3.63) is 64.7 Å². The van der Waals surface area contributed by atoms with Gasteiger partial charge in [-0.1, -0.05) is 23.4 Å². The van der Waals surface area contributed by atoms with E-state index in [0.29, 0.717) is 34.5 Å². The number of methoxy groups -OCH3 is 1. The van der Waals surface area contributed by atoms with Gasteiger partial charge in [0.05, 0.1) is 12.7 Å². The summed E-state index contributed by atoms with van der Waals surface area (Å²) in [7, 11) is 1.57. The zero-order valence-electron chi connectivity index (χ0n) is 14.5. The van der Waals surface area contributed by atoms with Crippen molar-refractivity contribution in [2.24, 2.45) is 0 Å². The van der Waals surface area contributed by atoms with Gasteiger partial charge in [-0.15, -0.1) is 0 Å². The normalized spacial score (nSPS) is 12.0. The van der Waals surface area contributed by atoms with E-state index in [0.717, 1.165) is 5.56 Å². The molecule has 7 heteroatoms. The summed E-state index contributed by atoms with van der Waals surface area (Å²) in [5.41, 5.74) is 1.20. The van der Waals surface area contributed by atoms with E-state index in [1.165, 1.54) is 0 Å². The Morgan fingerprint density at radius 3 is 2.60 bits per heavy atom. The van der Waals surface area contributed by atoms with Gasteiger partial charge in [-0.05, 0) is 26.0 Å². The first-order valence-electron chi connectivity index (χ1n) is 7.80. The van der Waals surface area contributed by atoms with E-state index in [9.17, 15) is 4.79 Å². The Morgan fingerprint density at radius 2 is 2.00 bits per heavy atom. The largest absolute Gasteiger partial charge is 0.496 e. The van der Waals surface area contributed by atoms with Crippen LogP contribution < -0.4 is 10.1 Å². The number of carbonyl (C=O) groups excluding carboxylic acids is 1. The van der Waals surface area contributed by atoms with Crippen LogP contribution in [-0.2, 0) is 0 Å². The van der Waals surface area contributed by atoms with Gasteiger partial charge in [-0.2, -0.15) is 4.98 Å². The first-order chi connectivity index (χ1) is 12.0. The van der Waals surface area contributed by atoms with Crippen LogP contribution in [0.25, 0.3) is 0 Å². The molecular weight excluding hydrogens is 322 g/mol. The number of carbonyl (C=O) groups is 1. The van der Waals surface area contributed by atoms with Crippen molar-refractivity contribution >= 4 is 5.91 Å². The molecule has 25 heavy (non-hydrogen) atoms. The van der Waals surface area contributed by atoms with Crippen LogP contribution in [0.2, 0.25) is 0 Å². The molecule has 7 nitrogen and oxygen atoms in total. The molecule has 0 fully saturated rings. The fraction of sp³-hybridized carbons (Fsp3) is 0.278. The van der Waals surface area contributed by atoms with Crippen LogP contribution in [0, 0.1) is 20.8 Å². The standard InChI is InChI=1S/C18H19N3O4/c1-10-9-14(11(2)24-10)18(22)20-16(17-19-12(3)25-21-17)13-7-5-6-8-15(13)23-4/h5-9,16H,1-4H3,(H,20,22)/t16-/m0/s1. The predicted octanol–water partition coefficient (Wildman–Crippen LogP) is 3.12. The van der Waals surface area contributed by atoms with Gasteiger partial charge >= 0.3 is 0 Å². The summed E-state index contributed by atoms with van der Waals surface area (Å²) in [4.78, 5) is 17.0. The number of rotatable bonds is 5. The summed E-state index contributed by atoms with van der Waals surface area (Å²) in [5.74, 6) is 2.33. The number of hydrogen-bond acceptors (Lipinski definition) is 6. The lowest BCUT2D eigenvalue weighted by Gasteiger charge is -2.18. The number of amides is 1. The smallest absolute Gasteiger partial charge is 0.255 e. The molecule has 0 saturated heterocycles. The minimum absolute atomic E-state index is 0.285. The Balaban J connectivity index is 2.00. The molecule has 0 radical (unpaired) electrons. The first-order valence-corrected chi connectivity index (χ1v) is 7.80. The number of benzene rings is 1. The van der Waals surface area contributed by atoms with Gasteiger partial charge in [0.1, 0.15) is 23.3 Å². The lowest BCUT2D eigenvalue weighted by atomic mass is 10.0. The van der Waals surface area contributed by atoms with Gasteiger partial charge in [0, 0.05) is 12.5 Å². The molecule has 1 amide bonds. The average molecular weight is 341 g/mol. The van der Waals surface area contributed by atoms with E-state index in [-0.39, 0.29) is 5.91 Å². The van der Waals surface area contributed by atoms with Crippen molar-refractivity contribution < 1.29 is 18.5 Å². The second-order valence-electron chi connectivity index (χ2n) is 5.65. The maximum absolute atomic E-state index is 12.7. The van der Waals surface area contributed by atoms with Crippen LogP contribution in [0.3, 0.4) is 0 Å². The Kier molecular flexibility index (Phi) is 4.56. The quantitative estimate of drug-likeness (QED) is 0.767. The summed E-state index contributed by atoms with van der Waals surface area (Å²) in [6.45, 7) is 5.24. The third-order valence-electron chi connectivity index (χ3n) is 3.81. The van der Waals surface area contributed by atoms with Crippen molar-refractivity contribution in [3.8, 4) is 5.75 Å². The van der Waals surface area contributed by atoms with Gasteiger partial charge < -0.3 is 19.0 Å². The van der Waals surface area contributed by atoms with Gasteiger partial charge in [-0.3, -0.25) is 4.79 Å². The van der Waals surface area contributed by atoms with E-state index in [1.54, 1.807) is 33.9 Å². The highest BCUT2D eigenvalue weighted by Gasteiger charge is 2.26. The van der Waals surface area contributed by atoms with Crippen LogP contribution in [0.4, 0.5) is 0 Å². The average Bonchev–Trinajstić information content (AvgIpc) is 3.17. The molecule has 3 aromatic rings. The summed E-state index contributed by atoms with van der Waals surface area (Å²) in [6.07, 6.45) is 0. The molecular formula is C18H19N3O4. The van der Waals surface area contributed by atoms with E-state index in [1.807, 2.05) is 24.3 Å². The number of furan rings is 1. The molecule has 2 aromatic heterocycles. The zero-order chi connectivity index (χ0) is 18.0. The highest BCUT2D eigenvalue weighted by Crippen LogP contribution is 2.29. The molecule has 130 valence electrons. The molecule has 3 rings (SSSR count). The molecule has 0 bridgehead atoms. The third kappa shape index (κ3) is 3.40. The van der Waals surface area contributed by atoms with Crippen LogP contribution in [0.1, 0.15) is 45.2 Å². The monoisotopic (exact) mass is 341 g/mol. The zero-order valence-corrected chi connectivity index (χ0v) is 14.5. The van der Waals surface area contributed by atoms with Crippen LogP contribution in [0.15, 0.2) is 39.3 Å². The minimum atomic E-state index is -0.615. The second-order valence-corrected chi connectivity index (χ2v) is 5.65. The number of para-hydroxylation sites is 1. The van der Waals surface area contributed by atoms with E-state index in [2.05, 4.69) is 15.5 Å². The topological polar surface area (TPSA) is 90.4 Å². The highest BCUT2D eigenvalue weighted by molar-refractivity contribution is 5.95. The van der Waals surface area contributed by atoms with E-state index < -0.39 is 6.04 Å². The molecule has 0 aliphatic rings. The molecule has 1 aromatic carbocycles. The maximum Gasteiger partial charge on any atom is 0.255 e. The van der Waals surface area contributed by atoms with Crippen molar-refractivity contribution in [1.29, 1.82) is 0 Å². The minimum Gasteiger partial charge on any atom is -0.496 e. The predicted molar refractivity (Wildman–Crippen MR) is 89.5 cm³/mol. The molecule has 0 spiro atoms. The Morgan fingerprint density at radius 1 is 1.24 bits per heavy atom. The van der Waals surface area contributed by atoms with Gasteiger partial charge in [0.15, 0.2) is 5.82 Å². The Labute approximate surface area is 145 Å². The fourth-order valence-corrected chi connectivity index (χ4v) is 2.68. The summed E-state index contributed by atoms with van der Waals surface area (Å²) >= 11 is 0. The van der Waals surface area contributed by atoms with Crippen molar-refractivity contribution in [2.75, 3.05) is 7.11 Å². The van der Waals surface area contributed by atoms with Crippen LogP contribution >= 0.6 is 0 Å². The summed E-state index contributed by atoms with van der Waals surface area (Å²) in [5, 5.41) is 6.91. The molecule has 1 atom stereocenters. The molecule has 0 unspecified atom stereocenters. The third-order valence-corrected chi connectivity index (χ3v) is 3.81. The van der Waals surface area contributed by atoms with Crippen molar-refractivity contribution in [1.82, 2.24) is 15.5 Å². The van der Waals surface area contributed by atoms with Crippen molar-refractivity contribution in [3.63, 3.8) is 0 Å². The van der Waals surface area contributed by atoms with Gasteiger partial charge in [0.2, 0.25) is 5.89 Å². The lowest BCUT2D eigenvalue weighted by Crippen LogP contribution is -2.30. The highest BCUT2D eigenvalue weighted by atomic mass is 16.5. The Hall–Kier alpha value is -3.09. The first kappa shape index (κ1) is 16.8. The number of nitrogens with zero attached hydrogens (tertiary/aromatic N) is 2. The number of aryl methyl sites for hydroxylation is 3. The fourth-order valence-electron chi connectivity index (χ4n) is 2.68. The second kappa shape index (κ2) is 6.80. The van der Waals surface area contributed by atoms with E-state index in [4.69, 9.17) is 13.7 Å². The summed E-state index contributed by atoms with van der Waals surface area (Å²) < 4.78 is 15.9. The van der Waals surface area contributed by atoms with E-state index >= 15 is 0 Å². The number of nitrogens with one attached hydrogen (secondary N) is 1. The van der Waals surface area contributed by atoms with Gasteiger partial charge in [-0.25, -0.2) is 0 Å². The lowest BCUT2D eigenvalue weighted by molar-refractivity contribution is 0.0939. The molecule has 0 aliphatic carbocycles. The number of hydrogen-bond donors (Lipinski definition) is 1. The molecule has 1 N–H and O–H groups in total. The summed E-state index contributed by atoms with van der Waals surface area (Å²) in [6, 6.07) is 8.46. The maximum atomic E-state index is 12.7. The molecule has 2 heterocycles. The van der Waals surface area contributed by atoms with Gasteiger partial charge in [0.25, 0.3) is 5.91 Å². The van der Waals surface area contributed by atoms with Crippen molar-refractivity contribution in [2.45, 2.75) is 26.8 Å². The molecule has 0 aliphatic heterocycles. The SMILES string of the molecule is COc1ccccc1[C@H](NC(=O)c1cc(C)oc1C)c1noc(C)n1. The van der Waals surface area contributed by atoms with Crippen LogP contribution in [-0.4, -0.2) is 23.2 Å². The number of aromatic nitrogens is 2. The Bertz CT molecular complexity index is 897. The molecule has 0 saturated carbocycles.